The zero-order chi connectivity index (χ0) is 68.2. The summed E-state index contributed by atoms with van der Waals surface area (Å²) in [5.41, 5.74) is -1.32. The Balaban J connectivity index is 0.0000295. The summed E-state index contributed by atoms with van der Waals surface area (Å²) >= 11 is 0. The topological polar surface area (TPSA) is 479 Å². The first kappa shape index (κ1) is 84.2. The van der Waals surface area contributed by atoms with Gasteiger partial charge < -0.3 is 122 Å². The minimum Gasteiger partial charge on any atom is -0.394 e. The molecule has 0 bridgehead atoms. The third kappa shape index (κ3) is 32.1. The van der Waals surface area contributed by atoms with Crippen molar-refractivity contribution in [3.05, 3.63) is 0 Å². The number of carbonyl (C=O) groups excluding carboxylic acids is 8. The van der Waals surface area contributed by atoms with E-state index < -0.39 is 141 Å². The number of hydrogen-bond donors (Lipinski definition) is 17. The zero-order valence-corrected chi connectivity index (χ0v) is 54.1. The van der Waals surface area contributed by atoms with Crippen molar-refractivity contribution in [1.82, 2.24) is 42.5 Å². The van der Waals surface area contributed by atoms with Crippen LogP contribution < -0.4 is 42.5 Å². The van der Waals surface area contributed by atoms with Crippen molar-refractivity contribution < 1.29 is 117 Å². The lowest BCUT2D eigenvalue weighted by Gasteiger charge is -2.40. The smallest absolute Gasteiger partial charge is 0.222 e. The maximum Gasteiger partial charge on any atom is 0.222 e. The Morgan fingerprint density at radius 1 is 0.376 bits per heavy atom. The van der Waals surface area contributed by atoms with E-state index in [1.54, 1.807) is 20.8 Å². The lowest BCUT2D eigenvalue weighted by atomic mass is 9.82. The van der Waals surface area contributed by atoms with Gasteiger partial charge in [-0.1, -0.05) is 28.2 Å². The maximum absolute atomic E-state index is 13.9. The Morgan fingerprint density at radius 3 is 0.935 bits per heavy atom. The zero-order valence-electron chi connectivity index (χ0n) is 54.1. The molecule has 6 unspecified atom stereocenters. The molecule has 0 saturated carbocycles. The van der Waals surface area contributed by atoms with Gasteiger partial charge in [-0.05, 0) is 65.2 Å². The Hall–Kier alpha value is -4.88. The van der Waals surface area contributed by atoms with Crippen LogP contribution in [0.2, 0.25) is 0 Å². The second-order valence-corrected chi connectivity index (χ2v) is 24.0. The molecule has 3 fully saturated rings. The highest BCUT2D eigenvalue weighted by Crippen LogP contribution is 2.30. The Labute approximate surface area is 545 Å². The van der Waals surface area contributed by atoms with Gasteiger partial charge >= 0.3 is 0 Å². The van der Waals surface area contributed by atoms with E-state index in [1.165, 1.54) is 0 Å². The summed E-state index contributed by atoms with van der Waals surface area (Å²) in [6, 6.07) is 0. The first-order valence-corrected chi connectivity index (χ1v) is 32.4. The van der Waals surface area contributed by atoms with E-state index in [1.807, 2.05) is 13.8 Å². The first-order valence-electron chi connectivity index (χ1n) is 32.4. The summed E-state index contributed by atoms with van der Waals surface area (Å²) in [6.07, 6.45) is -12.7. The molecule has 32 nitrogen and oxygen atoms in total. The minimum absolute atomic E-state index is 0. The van der Waals surface area contributed by atoms with Crippen molar-refractivity contribution in [3.63, 3.8) is 0 Å². The van der Waals surface area contributed by atoms with Crippen LogP contribution in [-0.2, 0) is 71.5 Å². The predicted octanol–water partition coefficient (Wildman–Crippen LogP) is -3.77. The normalized spacial score (nSPS) is 26.8. The highest BCUT2D eigenvalue weighted by molar-refractivity contribution is 5.81. The van der Waals surface area contributed by atoms with Crippen molar-refractivity contribution in [1.29, 1.82) is 0 Å². The lowest BCUT2D eigenvalue weighted by molar-refractivity contribution is -0.282. The summed E-state index contributed by atoms with van der Waals surface area (Å²) in [7, 11) is 0. The average molecular weight is 1340 g/mol. The Bertz CT molecular complexity index is 1990. The summed E-state index contributed by atoms with van der Waals surface area (Å²) in [5, 5.41) is 112. The van der Waals surface area contributed by atoms with E-state index in [0.717, 1.165) is 0 Å². The lowest BCUT2D eigenvalue weighted by Crippen LogP contribution is -2.55. The van der Waals surface area contributed by atoms with Gasteiger partial charge in [0.25, 0.3) is 0 Å². The third-order valence-corrected chi connectivity index (χ3v) is 16.2. The van der Waals surface area contributed by atoms with Gasteiger partial charge in [-0.2, -0.15) is 0 Å². The molecule has 93 heavy (non-hydrogen) atoms. The van der Waals surface area contributed by atoms with Crippen LogP contribution in [0, 0.1) is 17.8 Å². The van der Waals surface area contributed by atoms with Crippen LogP contribution in [0.15, 0.2) is 0 Å². The summed E-state index contributed by atoms with van der Waals surface area (Å²) in [6.45, 7) is 8.53. The van der Waals surface area contributed by atoms with Gasteiger partial charge in [0.1, 0.15) is 36.6 Å². The number of aliphatic hydroxyl groups is 9. The largest absolute Gasteiger partial charge is 0.394 e. The van der Waals surface area contributed by atoms with Gasteiger partial charge in [-0.25, -0.2) is 0 Å². The summed E-state index contributed by atoms with van der Waals surface area (Å²) < 4.78 is 39.0. The standard InChI is InChI=1S/C60H108N8O24.CH4/c1-36(2)86-29-10-28-67-43(72)11-6-12-50(79)68-60(19-13-44(73)61-22-7-25-64-47(76)16-30-87-57-37(3)51(80)54(83)40(33-69)90-57,20-14-45(74)62-23-8-26-65-48(77)17-31-88-58-38(4)52(81)55(84)41(34-70)91-58)21-15-46(75)63-24-9-27-66-49(78)18-32-89-59-39(5)53(82)56(85)42(35-71)92-59;/h36-42,51-59,69-71,80-85H,6-35H2,1-5H3,(H,61,73)(H,62,74)(H,63,75)(H,64,76)(H,65,77)(H,66,78)(H,67,72)(H,68,79);1H4/t37?,38?,39?,40?,41?,42?,51-,52-,53-,54+,55+,56+,57-,58-,59-,60?;/m1./s1. The van der Waals surface area contributed by atoms with Gasteiger partial charge in [0.15, 0.2) is 18.9 Å². The van der Waals surface area contributed by atoms with Crippen molar-refractivity contribution in [2.24, 2.45) is 17.8 Å². The summed E-state index contributed by atoms with van der Waals surface area (Å²) in [5.74, 6) is -5.06. The number of carbonyl (C=O) groups is 8. The van der Waals surface area contributed by atoms with E-state index in [2.05, 4.69) is 42.5 Å². The molecule has 0 aliphatic carbocycles. The first-order chi connectivity index (χ1) is 43.8. The fraction of sp³-hybridized carbons (Fsp3) is 0.869. The minimum atomic E-state index is -1.32. The SMILES string of the molecule is C.CC(C)OCCCNC(=O)CCCC(=O)NC(CCC(=O)NCCCNC(=O)CCO[C@@H]1OC(CO)[C@H](O)[C@H](O)C1C)(CCC(=O)NCCCNC(=O)CCO[C@@H]1OC(CO)[C@H](O)[C@H](O)C1C)CCC(=O)NCCCNC(=O)CCO[C@@H]1OC(CO)[C@H](O)[C@H](O)C1C. The second kappa shape index (κ2) is 46.3. The van der Waals surface area contributed by atoms with Gasteiger partial charge in [-0.15, -0.1) is 0 Å². The van der Waals surface area contributed by atoms with Gasteiger partial charge in [-0.3, -0.25) is 38.4 Å². The fourth-order valence-corrected chi connectivity index (χ4v) is 10.3. The molecule has 3 saturated heterocycles. The monoisotopic (exact) mass is 1340 g/mol. The van der Waals surface area contributed by atoms with Gasteiger partial charge in [0.2, 0.25) is 47.3 Å². The molecule has 8 amide bonds. The molecule has 540 valence electrons. The molecule has 3 heterocycles. The highest BCUT2D eigenvalue weighted by Gasteiger charge is 2.45. The molecular weight excluding hydrogens is 1230 g/mol. The number of rotatable bonds is 46. The quantitative estimate of drug-likeness (QED) is 0.0260. The van der Waals surface area contributed by atoms with E-state index in [-0.39, 0.29) is 173 Å². The van der Waals surface area contributed by atoms with Gasteiger partial charge in [0.05, 0.1) is 83.3 Å². The van der Waals surface area contributed by atoms with Crippen LogP contribution >= 0.6 is 0 Å². The molecule has 15 atom stereocenters. The Kier molecular flexibility index (Phi) is 41.9. The number of amides is 8. The summed E-state index contributed by atoms with van der Waals surface area (Å²) in [4.78, 5) is 105. The molecule has 0 aromatic carbocycles. The Morgan fingerprint density at radius 2 is 0.645 bits per heavy atom. The molecule has 0 aromatic rings. The molecule has 17 N–H and O–H groups in total. The molecule has 32 heteroatoms. The van der Waals surface area contributed by atoms with Crippen LogP contribution in [0.5, 0.6) is 0 Å². The molecule has 3 aliphatic rings. The van der Waals surface area contributed by atoms with Crippen molar-refractivity contribution in [3.8, 4) is 0 Å². The van der Waals surface area contributed by atoms with Crippen LogP contribution in [0.25, 0.3) is 0 Å². The fourth-order valence-electron chi connectivity index (χ4n) is 10.3. The van der Waals surface area contributed by atoms with Crippen molar-refractivity contribution >= 4 is 47.3 Å². The highest BCUT2D eigenvalue weighted by atomic mass is 16.7. The number of nitrogens with one attached hydrogen (secondary N) is 8. The molecular formula is C61H112N8O24. The third-order valence-electron chi connectivity index (χ3n) is 16.2. The van der Waals surface area contributed by atoms with E-state index in [4.69, 9.17) is 33.2 Å². The molecule has 3 aliphatic heterocycles. The second-order valence-electron chi connectivity index (χ2n) is 24.0. The van der Waals surface area contributed by atoms with E-state index in [9.17, 15) is 84.3 Å². The van der Waals surface area contributed by atoms with Crippen LogP contribution in [-0.4, -0.2) is 271 Å². The number of ether oxygens (including phenoxy) is 7. The predicted molar refractivity (Wildman–Crippen MR) is 332 cm³/mol. The average Bonchev–Trinajstić information content (AvgIpc) is 0.877. The maximum atomic E-state index is 13.9. The van der Waals surface area contributed by atoms with E-state index >= 15 is 0 Å². The van der Waals surface area contributed by atoms with Crippen molar-refractivity contribution in [2.45, 2.75) is 230 Å². The molecule has 3 rings (SSSR count). The molecule has 0 spiro atoms. The van der Waals surface area contributed by atoms with Crippen LogP contribution in [0.4, 0.5) is 0 Å². The molecule has 0 radical (unpaired) electrons. The van der Waals surface area contributed by atoms with E-state index in [0.29, 0.717) is 38.8 Å². The van der Waals surface area contributed by atoms with Crippen LogP contribution in [0.1, 0.15) is 145 Å². The number of hydrogen-bond acceptors (Lipinski definition) is 24. The van der Waals surface area contributed by atoms with Crippen molar-refractivity contribution in [2.75, 3.05) is 92.1 Å². The van der Waals surface area contributed by atoms with Gasteiger partial charge in [0, 0.05) is 108 Å². The molecule has 0 aromatic heterocycles. The van der Waals surface area contributed by atoms with Crippen LogP contribution in [0.3, 0.4) is 0 Å². The number of aliphatic hydroxyl groups excluding tert-OH is 9.